The van der Waals surface area contributed by atoms with E-state index >= 15 is 0 Å². The van der Waals surface area contributed by atoms with Gasteiger partial charge in [-0.2, -0.15) is 0 Å². The van der Waals surface area contributed by atoms with Crippen LogP contribution in [0.5, 0.6) is 0 Å². The van der Waals surface area contributed by atoms with Crippen LogP contribution in [0, 0.1) is 0 Å². The highest BCUT2D eigenvalue weighted by Crippen LogP contribution is 2.13. The zero-order valence-electron chi connectivity index (χ0n) is 14.7. The van der Waals surface area contributed by atoms with Gasteiger partial charge in [0.2, 0.25) is 0 Å². The van der Waals surface area contributed by atoms with Crippen molar-refractivity contribution in [2.75, 3.05) is 0 Å². The second-order valence-electron chi connectivity index (χ2n) is 5.68. The molecule has 6 rings (SSSR count). The number of aromatic nitrogens is 5. The molecule has 7 heteroatoms. The van der Waals surface area contributed by atoms with Crippen LogP contribution in [-0.4, -0.2) is 24.2 Å². The molecular weight excluding hydrogens is 386 g/mol. The van der Waals surface area contributed by atoms with Gasteiger partial charge in [0.1, 0.15) is 11.0 Å². The largest absolute Gasteiger partial charge is 0.256 e. The predicted molar refractivity (Wildman–Crippen MR) is 117 cm³/mol. The Morgan fingerprint density at radius 3 is 1.57 bits per heavy atom. The zero-order chi connectivity index (χ0) is 19.0. The van der Waals surface area contributed by atoms with E-state index < -0.39 is 0 Å². The van der Waals surface area contributed by atoms with Crippen molar-refractivity contribution < 1.29 is 0 Å². The highest BCUT2D eigenvalue weighted by molar-refractivity contribution is 7.13. The number of hydrogen-bond donors (Lipinski definition) is 0. The minimum Gasteiger partial charge on any atom is -0.256 e. The molecule has 0 saturated carbocycles. The van der Waals surface area contributed by atoms with Gasteiger partial charge in [0.15, 0.2) is 0 Å². The third kappa shape index (κ3) is 4.51. The van der Waals surface area contributed by atoms with Gasteiger partial charge in [-0.3, -0.25) is 4.98 Å². The molecule has 0 aliphatic rings. The highest BCUT2D eigenvalue weighted by Gasteiger charge is 1.92. The average Bonchev–Trinajstić information content (AvgIpc) is 3.44. The summed E-state index contributed by atoms with van der Waals surface area (Å²) in [6, 6.07) is 27.9. The molecule has 0 aliphatic heterocycles. The van der Waals surface area contributed by atoms with E-state index in [4.69, 9.17) is 0 Å². The molecule has 0 atom stereocenters. The maximum atomic E-state index is 4.18. The van der Waals surface area contributed by atoms with Crippen LogP contribution in [0.15, 0.2) is 91.1 Å². The highest BCUT2D eigenvalue weighted by atomic mass is 32.1. The van der Waals surface area contributed by atoms with E-state index in [0.29, 0.717) is 0 Å². The lowest BCUT2D eigenvalue weighted by Gasteiger charge is -1.91. The monoisotopic (exact) mass is 401 g/mol. The number of para-hydroxylation sites is 1. The fourth-order valence-electron chi connectivity index (χ4n) is 2.47. The van der Waals surface area contributed by atoms with Gasteiger partial charge in [-0.1, -0.05) is 57.5 Å². The van der Waals surface area contributed by atoms with E-state index in [1.54, 1.807) is 0 Å². The third-order valence-electron chi connectivity index (χ3n) is 3.82. The van der Waals surface area contributed by atoms with E-state index in [9.17, 15) is 0 Å². The van der Waals surface area contributed by atoms with Crippen molar-refractivity contribution in [2.24, 2.45) is 0 Å². The standard InChI is InChI=1S/C9H7N.2C6H4N2S/c1-2-6-9-8(4-1)5-3-7-10-9;2*1-2-4-6-5(3-1)7-8-9-6/h1-7H;2*1-4H. The molecule has 5 nitrogen and oxygen atoms in total. The number of fused-ring (bicyclic) bond motifs is 3. The van der Waals surface area contributed by atoms with Gasteiger partial charge >= 0.3 is 0 Å². The van der Waals surface area contributed by atoms with Crippen LogP contribution >= 0.6 is 23.1 Å². The van der Waals surface area contributed by atoms with Crippen LogP contribution in [0.2, 0.25) is 0 Å². The van der Waals surface area contributed by atoms with Crippen molar-refractivity contribution in [3.8, 4) is 0 Å². The lowest BCUT2D eigenvalue weighted by atomic mass is 10.2. The molecule has 3 aromatic carbocycles. The summed E-state index contributed by atoms with van der Waals surface area (Å²) in [7, 11) is 0. The van der Waals surface area contributed by atoms with Crippen molar-refractivity contribution in [3.05, 3.63) is 91.1 Å². The minimum atomic E-state index is 0.988. The Bertz CT molecular complexity index is 1100. The van der Waals surface area contributed by atoms with Crippen LogP contribution in [0.3, 0.4) is 0 Å². The predicted octanol–water partition coefficient (Wildman–Crippen LogP) is 5.62. The summed E-state index contributed by atoms with van der Waals surface area (Å²) in [5.41, 5.74) is 3.04. The maximum absolute atomic E-state index is 4.18. The van der Waals surface area contributed by atoms with Crippen molar-refractivity contribution in [1.29, 1.82) is 0 Å². The summed E-state index contributed by atoms with van der Waals surface area (Å²) in [5, 5.41) is 8.97. The molecule has 3 aromatic heterocycles. The lowest BCUT2D eigenvalue weighted by molar-refractivity contribution is 1.20. The molecule has 6 aromatic rings. The lowest BCUT2D eigenvalue weighted by Crippen LogP contribution is -1.73. The first kappa shape index (κ1) is 18.1. The second kappa shape index (κ2) is 9.07. The molecule has 28 heavy (non-hydrogen) atoms. The number of hydrogen-bond acceptors (Lipinski definition) is 7. The molecule has 3 heterocycles. The van der Waals surface area contributed by atoms with Gasteiger partial charge in [0.05, 0.1) is 14.9 Å². The number of rotatable bonds is 0. The van der Waals surface area contributed by atoms with Crippen molar-refractivity contribution in [3.63, 3.8) is 0 Å². The first-order valence-corrected chi connectivity index (χ1v) is 10.1. The molecule has 0 bridgehead atoms. The second-order valence-corrected chi connectivity index (χ2v) is 7.25. The van der Waals surface area contributed by atoms with Crippen LogP contribution in [0.1, 0.15) is 0 Å². The Hall–Kier alpha value is -3.29. The summed E-state index contributed by atoms with van der Waals surface area (Å²) < 4.78 is 9.89. The Morgan fingerprint density at radius 1 is 0.500 bits per heavy atom. The first-order valence-electron chi connectivity index (χ1n) is 8.54. The number of nitrogens with zero attached hydrogens (tertiary/aromatic N) is 5. The van der Waals surface area contributed by atoms with E-state index in [1.807, 2.05) is 79.0 Å². The summed E-state index contributed by atoms with van der Waals surface area (Å²) >= 11 is 2.85. The van der Waals surface area contributed by atoms with E-state index in [-0.39, 0.29) is 0 Å². The summed E-state index contributed by atoms with van der Waals surface area (Å²) in [6.07, 6.45) is 1.81. The molecular formula is C21H15N5S2. The fourth-order valence-corrected chi connectivity index (χ4v) is 3.58. The summed E-state index contributed by atoms with van der Waals surface area (Å²) in [5.74, 6) is 0. The van der Waals surface area contributed by atoms with Crippen LogP contribution in [-0.2, 0) is 0 Å². The average molecular weight is 402 g/mol. The molecule has 0 saturated heterocycles. The maximum Gasteiger partial charge on any atom is 0.105 e. The van der Waals surface area contributed by atoms with Gasteiger partial charge in [0, 0.05) is 11.6 Å². The Labute approximate surface area is 169 Å². The van der Waals surface area contributed by atoms with Crippen molar-refractivity contribution >= 4 is 54.4 Å². The van der Waals surface area contributed by atoms with Crippen LogP contribution in [0.25, 0.3) is 31.3 Å². The zero-order valence-corrected chi connectivity index (χ0v) is 16.3. The van der Waals surface area contributed by atoms with E-state index in [2.05, 4.69) is 36.3 Å². The molecule has 136 valence electrons. The van der Waals surface area contributed by atoms with Gasteiger partial charge in [-0.25, -0.2) is 0 Å². The quantitative estimate of drug-likeness (QED) is 0.331. The van der Waals surface area contributed by atoms with Crippen molar-refractivity contribution in [1.82, 2.24) is 24.2 Å². The number of benzene rings is 3. The van der Waals surface area contributed by atoms with E-state index in [1.165, 1.54) is 28.5 Å². The summed E-state index contributed by atoms with van der Waals surface area (Å²) in [6.45, 7) is 0. The van der Waals surface area contributed by atoms with Crippen molar-refractivity contribution in [2.45, 2.75) is 0 Å². The normalized spacial score (nSPS) is 10.1. The molecule has 0 fully saturated rings. The van der Waals surface area contributed by atoms with E-state index in [0.717, 1.165) is 25.9 Å². The van der Waals surface area contributed by atoms with Crippen LogP contribution in [0.4, 0.5) is 0 Å². The SMILES string of the molecule is c1ccc2ncccc2c1.c1ccc2snnc2c1.c1ccc2snnc2c1. The Kier molecular flexibility index (Phi) is 5.86. The molecule has 0 unspecified atom stereocenters. The van der Waals surface area contributed by atoms with Gasteiger partial charge in [-0.05, 0) is 59.5 Å². The Morgan fingerprint density at radius 2 is 1.00 bits per heavy atom. The fraction of sp³-hybridized carbons (Fsp3) is 0. The van der Waals surface area contributed by atoms with Gasteiger partial charge in [-0.15, -0.1) is 10.2 Å². The summed E-state index contributed by atoms with van der Waals surface area (Å²) in [4.78, 5) is 4.18. The molecule has 0 spiro atoms. The van der Waals surface area contributed by atoms with Crippen LogP contribution < -0.4 is 0 Å². The minimum absolute atomic E-state index is 0.988. The van der Waals surface area contributed by atoms with Gasteiger partial charge < -0.3 is 0 Å². The third-order valence-corrected chi connectivity index (χ3v) is 5.23. The smallest absolute Gasteiger partial charge is 0.105 e. The Balaban J connectivity index is 0.000000103. The topological polar surface area (TPSA) is 64.5 Å². The number of pyridine rings is 1. The molecule has 0 aliphatic carbocycles. The molecule has 0 N–H and O–H groups in total. The molecule has 0 radical (unpaired) electrons. The first-order chi connectivity index (χ1) is 13.9. The molecule has 0 amide bonds. The van der Waals surface area contributed by atoms with Gasteiger partial charge in [0.25, 0.3) is 0 Å².